The summed E-state index contributed by atoms with van der Waals surface area (Å²) >= 11 is 1.41. The smallest absolute Gasteiger partial charge is 0.407 e. The molecule has 3 aromatic heterocycles. The summed E-state index contributed by atoms with van der Waals surface area (Å²) in [5.41, 5.74) is 3.31. The standard InChI is InChI=1S/C24H25N5O4S/c1-15-17(13-29(2)28-15)12-26-24(31)33-14-16-5-7-19-20(11-25)23(34-21(19)10-16)27-22(30)8-6-18-4-3-9-32-18/h3-4,6,8-9,13,16H,5,7,10,12,14H2,1-2H3,(H,26,31)(H,27,30)/b8-6+. The van der Waals surface area contributed by atoms with Crippen LogP contribution in [0.1, 0.15) is 39.4 Å². The Hall–Kier alpha value is -3.84. The lowest BCUT2D eigenvalue weighted by molar-refractivity contribution is -0.111. The molecule has 0 saturated heterocycles. The van der Waals surface area contributed by atoms with E-state index in [9.17, 15) is 14.9 Å². The third-order valence-corrected chi connectivity index (χ3v) is 6.82. The summed E-state index contributed by atoms with van der Waals surface area (Å²) in [6.45, 7) is 2.55. The second-order valence-corrected chi connectivity index (χ2v) is 9.24. The summed E-state index contributed by atoms with van der Waals surface area (Å²) in [4.78, 5) is 25.5. The average molecular weight is 480 g/mol. The molecule has 4 rings (SSSR count). The van der Waals surface area contributed by atoms with Crippen LogP contribution >= 0.6 is 11.3 Å². The molecule has 0 bridgehead atoms. The Morgan fingerprint density at radius 2 is 2.32 bits per heavy atom. The number of furan rings is 1. The fourth-order valence-corrected chi connectivity index (χ4v) is 5.25. The highest BCUT2D eigenvalue weighted by Gasteiger charge is 2.27. The topological polar surface area (TPSA) is 122 Å². The van der Waals surface area contributed by atoms with Gasteiger partial charge in [0.2, 0.25) is 5.91 Å². The Balaban J connectivity index is 1.31. The number of thiophene rings is 1. The number of carbonyl (C=O) groups is 2. The van der Waals surface area contributed by atoms with Gasteiger partial charge in [-0.05, 0) is 55.9 Å². The molecule has 0 saturated carbocycles. The molecular formula is C24H25N5O4S. The first kappa shape index (κ1) is 23.3. The van der Waals surface area contributed by atoms with Crippen molar-refractivity contribution in [2.24, 2.45) is 13.0 Å². The van der Waals surface area contributed by atoms with Gasteiger partial charge in [0.25, 0.3) is 0 Å². The van der Waals surface area contributed by atoms with E-state index in [-0.39, 0.29) is 11.8 Å². The number of rotatable bonds is 7. The molecule has 1 aliphatic rings. The molecule has 0 spiro atoms. The zero-order chi connectivity index (χ0) is 24.1. The minimum Gasteiger partial charge on any atom is -0.465 e. The minimum absolute atomic E-state index is 0.158. The van der Waals surface area contributed by atoms with E-state index in [1.54, 1.807) is 22.9 Å². The first-order valence-corrected chi connectivity index (χ1v) is 11.7. The van der Waals surface area contributed by atoms with Gasteiger partial charge in [0, 0.05) is 36.3 Å². The Kier molecular flexibility index (Phi) is 7.13. The minimum atomic E-state index is -0.464. The SMILES string of the molecule is Cc1nn(C)cc1CNC(=O)OCC1CCc2c(sc(NC(=O)/C=C/c3ccco3)c2C#N)C1. The van der Waals surface area contributed by atoms with Gasteiger partial charge >= 0.3 is 6.09 Å². The molecule has 2 N–H and O–H groups in total. The summed E-state index contributed by atoms with van der Waals surface area (Å²) in [6.07, 6.45) is 8.09. The van der Waals surface area contributed by atoms with Gasteiger partial charge in [-0.1, -0.05) is 0 Å². The maximum Gasteiger partial charge on any atom is 0.407 e. The van der Waals surface area contributed by atoms with E-state index in [2.05, 4.69) is 21.8 Å². The second kappa shape index (κ2) is 10.4. The van der Waals surface area contributed by atoms with Gasteiger partial charge in [-0.25, -0.2) is 4.79 Å². The number of ether oxygens (including phenoxy) is 1. The molecule has 0 aliphatic heterocycles. The molecule has 34 heavy (non-hydrogen) atoms. The van der Waals surface area contributed by atoms with Crippen LogP contribution < -0.4 is 10.6 Å². The summed E-state index contributed by atoms with van der Waals surface area (Å²) in [5.74, 6) is 0.404. The van der Waals surface area contributed by atoms with Crippen LogP contribution in [0, 0.1) is 24.2 Å². The molecule has 176 valence electrons. The number of fused-ring (bicyclic) bond motifs is 1. The predicted molar refractivity (Wildman–Crippen MR) is 127 cm³/mol. The molecule has 0 aromatic carbocycles. The van der Waals surface area contributed by atoms with Crippen molar-refractivity contribution in [3.05, 3.63) is 63.7 Å². The number of nitriles is 1. The number of nitrogens with one attached hydrogen (secondary N) is 2. The Bertz CT molecular complexity index is 1250. The van der Waals surface area contributed by atoms with Crippen LogP contribution in [0.25, 0.3) is 6.08 Å². The zero-order valence-electron chi connectivity index (χ0n) is 19.0. The maximum absolute atomic E-state index is 12.3. The van der Waals surface area contributed by atoms with Crippen LogP contribution in [0.4, 0.5) is 9.80 Å². The number of nitrogens with zero attached hydrogens (tertiary/aromatic N) is 3. The van der Waals surface area contributed by atoms with E-state index >= 15 is 0 Å². The molecule has 2 amide bonds. The van der Waals surface area contributed by atoms with Crippen LogP contribution in [0.5, 0.6) is 0 Å². The average Bonchev–Trinajstić information content (AvgIpc) is 3.53. The Morgan fingerprint density at radius 1 is 1.47 bits per heavy atom. The van der Waals surface area contributed by atoms with E-state index in [0.29, 0.717) is 42.3 Å². The fourth-order valence-electron chi connectivity index (χ4n) is 3.93. The van der Waals surface area contributed by atoms with E-state index in [0.717, 1.165) is 28.1 Å². The zero-order valence-corrected chi connectivity index (χ0v) is 19.8. The van der Waals surface area contributed by atoms with Crippen molar-refractivity contribution in [2.45, 2.75) is 32.7 Å². The number of aromatic nitrogens is 2. The van der Waals surface area contributed by atoms with Crippen LogP contribution in [0.3, 0.4) is 0 Å². The summed E-state index contributed by atoms with van der Waals surface area (Å²) in [5, 5.41) is 20.0. The van der Waals surface area contributed by atoms with Gasteiger partial charge in [0.05, 0.1) is 24.1 Å². The number of carbonyl (C=O) groups excluding carboxylic acids is 2. The lowest BCUT2D eigenvalue weighted by Crippen LogP contribution is -2.27. The largest absolute Gasteiger partial charge is 0.465 e. The number of amides is 2. The quantitative estimate of drug-likeness (QED) is 0.495. The highest BCUT2D eigenvalue weighted by atomic mass is 32.1. The predicted octanol–water partition coefficient (Wildman–Crippen LogP) is 3.94. The molecule has 1 aliphatic carbocycles. The Labute approximate surface area is 201 Å². The fraction of sp³-hybridized carbons (Fsp3) is 0.333. The van der Waals surface area contributed by atoms with Gasteiger partial charge in [-0.3, -0.25) is 9.48 Å². The lowest BCUT2D eigenvalue weighted by Gasteiger charge is -2.21. The first-order chi connectivity index (χ1) is 16.4. The molecular weight excluding hydrogens is 454 g/mol. The Morgan fingerprint density at radius 3 is 3.03 bits per heavy atom. The molecule has 3 aromatic rings. The van der Waals surface area contributed by atoms with E-state index in [1.807, 2.05) is 20.2 Å². The third-order valence-electron chi connectivity index (χ3n) is 5.65. The van der Waals surface area contributed by atoms with Gasteiger partial charge in [0.15, 0.2) is 0 Å². The number of hydrogen-bond donors (Lipinski definition) is 2. The van der Waals surface area contributed by atoms with Crippen molar-refractivity contribution >= 4 is 34.4 Å². The number of anilines is 1. The maximum atomic E-state index is 12.3. The molecule has 3 heterocycles. The molecule has 10 heteroatoms. The summed E-state index contributed by atoms with van der Waals surface area (Å²) < 4.78 is 12.3. The van der Waals surface area contributed by atoms with Crippen molar-refractivity contribution in [2.75, 3.05) is 11.9 Å². The van der Waals surface area contributed by atoms with E-state index in [4.69, 9.17) is 9.15 Å². The van der Waals surface area contributed by atoms with Crippen molar-refractivity contribution in [3.8, 4) is 6.07 Å². The van der Waals surface area contributed by atoms with Gasteiger partial charge in [-0.15, -0.1) is 11.3 Å². The number of aryl methyl sites for hydroxylation is 2. The highest BCUT2D eigenvalue weighted by Crippen LogP contribution is 2.39. The second-order valence-electron chi connectivity index (χ2n) is 8.13. The van der Waals surface area contributed by atoms with Gasteiger partial charge in [0.1, 0.15) is 16.8 Å². The van der Waals surface area contributed by atoms with E-state index in [1.165, 1.54) is 23.7 Å². The summed E-state index contributed by atoms with van der Waals surface area (Å²) in [7, 11) is 1.84. The molecule has 1 atom stereocenters. The van der Waals surface area contributed by atoms with Crippen LogP contribution in [-0.2, 0) is 36.0 Å². The monoisotopic (exact) mass is 479 g/mol. The van der Waals surface area contributed by atoms with Gasteiger partial charge < -0.3 is 19.8 Å². The normalized spacial score (nSPS) is 15.0. The molecule has 1 unspecified atom stereocenters. The molecule has 0 fully saturated rings. The first-order valence-electron chi connectivity index (χ1n) is 10.9. The van der Waals surface area contributed by atoms with Crippen molar-refractivity contribution in [1.29, 1.82) is 5.26 Å². The highest BCUT2D eigenvalue weighted by molar-refractivity contribution is 7.16. The summed E-state index contributed by atoms with van der Waals surface area (Å²) in [6, 6.07) is 5.72. The van der Waals surface area contributed by atoms with Crippen LogP contribution in [-0.4, -0.2) is 28.4 Å². The lowest BCUT2D eigenvalue weighted by atomic mass is 9.88. The van der Waals surface area contributed by atoms with E-state index < -0.39 is 6.09 Å². The molecule has 0 radical (unpaired) electrons. The van der Waals surface area contributed by atoms with Crippen molar-refractivity contribution < 1.29 is 18.7 Å². The number of alkyl carbamates (subject to hydrolysis) is 1. The van der Waals surface area contributed by atoms with Gasteiger partial charge in [-0.2, -0.15) is 10.4 Å². The van der Waals surface area contributed by atoms with Crippen molar-refractivity contribution in [3.63, 3.8) is 0 Å². The van der Waals surface area contributed by atoms with Crippen LogP contribution in [0.15, 0.2) is 35.1 Å². The number of hydrogen-bond acceptors (Lipinski definition) is 7. The van der Waals surface area contributed by atoms with Crippen LogP contribution in [0.2, 0.25) is 0 Å². The molecule has 9 nitrogen and oxygen atoms in total. The van der Waals surface area contributed by atoms with Crippen molar-refractivity contribution in [1.82, 2.24) is 15.1 Å². The third kappa shape index (κ3) is 5.55.